The Kier molecular flexibility index (Phi) is 7.19. The second-order valence-electron chi connectivity index (χ2n) is 8.52. The number of amides is 2. The number of terminal acetylenes is 1. The Balaban J connectivity index is 1.66. The lowest BCUT2D eigenvalue weighted by Gasteiger charge is -2.30. The molecule has 1 unspecified atom stereocenters. The van der Waals surface area contributed by atoms with E-state index < -0.39 is 6.04 Å². The highest BCUT2D eigenvalue weighted by molar-refractivity contribution is 7.10. The molecule has 1 saturated heterocycles. The SMILES string of the molecule is C#Cc1nc(C(=O)N(c2cc(OC)cc(OC)c2)C2CCN(CC3CCCCC3)C2=O)cs1. The number of rotatable bonds is 7. The average Bonchev–Trinajstić information content (AvgIpc) is 3.47. The summed E-state index contributed by atoms with van der Waals surface area (Å²) < 4.78 is 10.8. The summed E-state index contributed by atoms with van der Waals surface area (Å²) in [4.78, 5) is 34.9. The molecule has 174 valence electrons. The molecule has 33 heavy (non-hydrogen) atoms. The van der Waals surface area contributed by atoms with Crippen LogP contribution in [0.3, 0.4) is 0 Å². The molecule has 1 aromatic carbocycles. The Labute approximate surface area is 198 Å². The summed E-state index contributed by atoms with van der Waals surface area (Å²) in [6.45, 7) is 1.40. The van der Waals surface area contributed by atoms with Gasteiger partial charge >= 0.3 is 0 Å². The van der Waals surface area contributed by atoms with E-state index in [0.29, 0.717) is 41.1 Å². The molecule has 1 saturated carbocycles. The summed E-state index contributed by atoms with van der Waals surface area (Å²) in [6.07, 6.45) is 12.1. The maximum atomic E-state index is 13.7. The van der Waals surface area contributed by atoms with Gasteiger partial charge in [0.2, 0.25) is 5.91 Å². The van der Waals surface area contributed by atoms with Gasteiger partial charge in [-0.25, -0.2) is 4.98 Å². The molecular formula is C25H29N3O4S. The first kappa shape index (κ1) is 23.1. The lowest BCUT2D eigenvalue weighted by molar-refractivity contribution is -0.129. The van der Waals surface area contributed by atoms with Gasteiger partial charge in [0.15, 0.2) is 5.01 Å². The number of hydrogen-bond donors (Lipinski definition) is 0. The van der Waals surface area contributed by atoms with Crippen molar-refractivity contribution in [2.45, 2.75) is 44.6 Å². The van der Waals surface area contributed by atoms with E-state index in [9.17, 15) is 9.59 Å². The lowest BCUT2D eigenvalue weighted by atomic mass is 9.89. The summed E-state index contributed by atoms with van der Waals surface area (Å²) in [6, 6.07) is 4.60. The van der Waals surface area contributed by atoms with Gasteiger partial charge in [0, 0.05) is 36.7 Å². The molecular weight excluding hydrogens is 438 g/mol. The Morgan fingerprint density at radius 1 is 1.18 bits per heavy atom. The number of benzene rings is 1. The van der Waals surface area contributed by atoms with Gasteiger partial charge in [-0.1, -0.05) is 19.3 Å². The second kappa shape index (κ2) is 10.3. The number of thiazole rings is 1. The van der Waals surface area contributed by atoms with E-state index in [1.165, 1.54) is 35.5 Å². The highest BCUT2D eigenvalue weighted by atomic mass is 32.1. The Morgan fingerprint density at radius 3 is 2.48 bits per heavy atom. The van der Waals surface area contributed by atoms with Crippen LogP contribution in [0.1, 0.15) is 54.0 Å². The quantitative estimate of drug-likeness (QED) is 0.576. The fourth-order valence-electron chi connectivity index (χ4n) is 4.76. The van der Waals surface area contributed by atoms with Gasteiger partial charge in [-0.3, -0.25) is 14.5 Å². The summed E-state index contributed by atoms with van der Waals surface area (Å²) in [7, 11) is 3.11. The molecule has 8 heteroatoms. The van der Waals surface area contributed by atoms with Crippen LogP contribution in [0.25, 0.3) is 0 Å². The molecule has 1 aliphatic carbocycles. The molecule has 0 bridgehead atoms. The predicted molar refractivity (Wildman–Crippen MR) is 128 cm³/mol. The Morgan fingerprint density at radius 2 is 1.88 bits per heavy atom. The minimum atomic E-state index is -0.617. The average molecular weight is 468 g/mol. The van der Waals surface area contributed by atoms with Crippen LogP contribution in [-0.2, 0) is 4.79 Å². The van der Waals surface area contributed by atoms with Crippen LogP contribution in [0.5, 0.6) is 11.5 Å². The van der Waals surface area contributed by atoms with Gasteiger partial charge in [0.25, 0.3) is 5.91 Å². The van der Waals surface area contributed by atoms with E-state index in [2.05, 4.69) is 10.9 Å². The minimum Gasteiger partial charge on any atom is -0.497 e. The summed E-state index contributed by atoms with van der Waals surface area (Å²) >= 11 is 1.23. The van der Waals surface area contributed by atoms with Crippen molar-refractivity contribution in [2.24, 2.45) is 5.92 Å². The van der Waals surface area contributed by atoms with Gasteiger partial charge < -0.3 is 14.4 Å². The zero-order chi connectivity index (χ0) is 23.4. The van der Waals surface area contributed by atoms with Crippen molar-refractivity contribution in [1.29, 1.82) is 0 Å². The van der Waals surface area contributed by atoms with Crippen LogP contribution in [0, 0.1) is 18.3 Å². The molecule has 0 spiro atoms. The number of ether oxygens (including phenoxy) is 2. The number of aromatic nitrogens is 1. The van der Waals surface area contributed by atoms with E-state index in [1.807, 2.05) is 4.90 Å². The lowest BCUT2D eigenvalue weighted by Crippen LogP contribution is -2.46. The summed E-state index contributed by atoms with van der Waals surface area (Å²) in [5.74, 6) is 3.70. The van der Waals surface area contributed by atoms with Crippen molar-refractivity contribution in [3.05, 3.63) is 34.3 Å². The molecule has 1 aromatic heterocycles. The molecule has 1 atom stereocenters. The van der Waals surface area contributed by atoms with E-state index in [1.54, 1.807) is 37.8 Å². The number of methoxy groups -OCH3 is 2. The van der Waals surface area contributed by atoms with E-state index in [0.717, 1.165) is 19.4 Å². The highest BCUT2D eigenvalue weighted by Crippen LogP contribution is 2.34. The van der Waals surface area contributed by atoms with E-state index in [4.69, 9.17) is 15.9 Å². The molecule has 2 aromatic rings. The predicted octanol–water partition coefficient (Wildman–Crippen LogP) is 3.97. The molecule has 2 heterocycles. The van der Waals surface area contributed by atoms with Gasteiger partial charge in [-0.2, -0.15) is 0 Å². The third-order valence-electron chi connectivity index (χ3n) is 6.46. The largest absolute Gasteiger partial charge is 0.497 e. The van der Waals surface area contributed by atoms with Crippen molar-refractivity contribution >= 4 is 28.8 Å². The maximum absolute atomic E-state index is 13.7. The number of anilines is 1. The molecule has 1 aliphatic heterocycles. The van der Waals surface area contributed by atoms with Crippen LogP contribution in [-0.4, -0.2) is 55.0 Å². The Hall–Kier alpha value is -3.05. The van der Waals surface area contributed by atoms with Gasteiger partial charge in [-0.15, -0.1) is 17.8 Å². The van der Waals surface area contributed by atoms with Crippen molar-refractivity contribution < 1.29 is 19.1 Å². The van der Waals surface area contributed by atoms with Crippen LogP contribution in [0.15, 0.2) is 23.6 Å². The van der Waals surface area contributed by atoms with E-state index in [-0.39, 0.29) is 17.5 Å². The third-order valence-corrected chi connectivity index (χ3v) is 7.24. The third kappa shape index (κ3) is 4.98. The van der Waals surface area contributed by atoms with Crippen molar-refractivity contribution in [1.82, 2.24) is 9.88 Å². The van der Waals surface area contributed by atoms with Crippen LogP contribution >= 0.6 is 11.3 Å². The number of nitrogens with zero attached hydrogens (tertiary/aromatic N) is 3. The molecule has 0 radical (unpaired) electrons. The standard InChI is InChI=1S/C25H29N3O4S/c1-4-23-26-21(16-33-23)24(29)28(18-12-19(31-2)14-20(13-18)32-3)22-10-11-27(25(22)30)15-17-8-6-5-7-9-17/h1,12-14,16-17,22H,5-11,15H2,2-3H3. The van der Waals surface area contributed by atoms with Crippen molar-refractivity contribution in [3.8, 4) is 23.8 Å². The zero-order valence-electron chi connectivity index (χ0n) is 19.1. The van der Waals surface area contributed by atoms with Crippen molar-refractivity contribution in [3.63, 3.8) is 0 Å². The molecule has 2 aliphatic rings. The first-order chi connectivity index (χ1) is 16.0. The smallest absolute Gasteiger partial charge is 0.278 e. The second-order valence-corrected chi connectivity index (χ2v) is 9.38. The first-order valence-electron chi connectivity index (χ1n) is 11.3. The van der Waals surface area contributed by atoms with Crippen LogP contribution in [0.2, 0.25) is 0 Å². The minimum absolute atomic E-state index is 0.0249. The monoisotopic (exact) mass is 467 g/mol. The highest BCUT2D eigenvalue weighted by Gasteiger charge is 2.41. The molecule has 2 fully saturated rings. The molecule has 2 amide bonds. The first-order valence-corrected chi connectivity index (χ1v) is 12.2. The summed E-state index contributed by atoms with van der Waals surface area (Å²) in [5, 5.41) is 2.07. The maximum Gasteiger partial charge on any atom is 0.278 e. The number of likely N-dealkylation sites (tertiary alicyclic amines) is 1. The van der Waals surface area contributed by atoms with Crippen LogP contribution in [0.4, 0.5) is 5.69 Å². The summed E-state index contributed by atoms with van der Waals surface area (Å²) in [5.41, 5.74) is 0.762. The number of carbonyl (C=O) groups is 2. The number of hydrogen-bond acceptors (Lipinski definition) is 6. The Bertz CT molecular complexity index is 1030. The molecule has 7 nitrogen and oxygen atoms in total. The molecule has 0 N–H and O–H groups in total. The van der Waals surface area contributed by atoms with Gasteiger partial charge in [-0.05, 0) is 31.1 Å². The fourth-order valence-corrected chi connectivity index (χ4v) is 5.35. The van der Waals surface area contributed by atoms with E-state index >= 15 is 0 Å². The fraction of sp³-hybridized carbons (Fsp3) is 0.480. The van der Waals surface area contributed by atoms with Gasteiger partial charge in [0.05, 0.1) is 19.9 Å². The van der Waals surface area contributed by atoms with Crippen LogP contribution < -0.4 is 14.4 Å². The van der Waals surface area contributed by atoms with Gasteiger partial charge in [0.1, 0.15) is 23.2 Å². The normalized spacial score (nSPS) is 18.8. The van der Waals surface area contributed by atoms with Crippen molar-refractivity contribution in [2.75, 3.05) is 32.2 Å². The topological polar surface area (TPSA) is 72.0 Å². The molecule has 4 rings (SSSR count). The zero-order valence-corrected chi connectivity index (χ0v) is 19.9. The number of carbonyl (C=O) groups excluding carboxylic acids is 2.